The van der Waals surface area contributed by atoms with Crippen LogP contribution in [0.2, 0.25) is 0 Å². The fourth-order valence-corrected chi connectivity index (χ4v) is 9.59. The van der Waals surface area contributed by atoms with E-state index in [1.165, 1.54) is 102 Å². The van der Waals surface area contributed by atoms with Crippen molar-refractivity contribution in [2.45, 2.75) is 0 Å². The van der Waals surface area contributed by atoms with Crippen molar-refractivity contribution in [2.24, 2.45) is 0 Å². The van der Waals surface area contributed by atoms with E-state index in [1.807, 2.05) is 11.3 Å². The Morgan fingerprint density at radius 3 is 1.70 bits per heavy atom. The number of fused-ring (bicyclic) bond motifs is 9. The lowest BCUT2D eigenvalue weighted by Gasteiger charge is -2.18. The van der Waals surface area contributed by atoms with Gasteiger partial charge in [-0.25, -0.2) is 0 Å². The van der Waals surface area contributed by atoms with Gasteiger partial charge in [-0.05, 0) is 91.0 Å². The van der Waals surface area contributed by atoms with E-state index in [9.17, 15) is 0 Å². The summed E-state index contributed by atoms with van der Waals surface area (Å²) in [6, 6.07) is 64.9. The number of para-hydroxylation sites is 2. The summed E-state index contributed by atoms with van der Waals surface area (Å²) in [6.07, 6.45) is 0. The lowest BCUT2D eigenvalue weighted by atomic mass is 9.84. The van der Waals surface area contributed by atoms with Crippen LogP contribution in [-0.2, 0) is 0 Å². The van der Waals surface area contributed by atoms with Gasteiger partial charge in [-0.2, -0.15) is 0 Å². The van der Waals surface area contributed by atoms with Gasteiger partial charge in [-0.1, -0.05) is 140 Å². The van der Waals surface area contributed by atoms with Crippen LogP contribution in [0.3, 0.4) is 0 Å². The molecule has 0 spiro atoms. The van der Waals surface area contributed by atoms with Crippen LogP contribution < -0.4 is 0 Å². The molecule has 0 atom stereocenters. The van der Waals surface area contributed by atoms with Gasteiger partial charge >= 0.3 is 0 Å². The first kappa shape index (κ1) is 27.7. The van der Waals surface area contributed by atoms with Gasteiger partial charge < -0.3 is 4.57 Å². The minimum atomic E-state index is 1.19. The maximum Gasteiger partial charge on any atom is 0.0548 e. The number of hydrogen-bond acceptors (Lipinski definition) is 1. The number of benzene rings is 9. The Bertz CT molecular complexity index is 3080. The van der Waals surface area contributed by atoms with Crippen LogP contribution in [0.4, 0.5) is 0 Å². The number of hydrogen-bond donors (Lipinski definition) is 0. The number of aromatic nitrogens is 1. The Morgan fingerprint density at radius 1 is 0.340 bits per heavy atom. The summed E-state index contributed by atoms with van der Waals surface area (Å²) in [4.78, 5) is 0. The second-order valence-corrected chi connectivity index (χ2v) is 14.3. The molecule has 50 heavy (non-hydrogen) atoms. The maximum absolute atomic E-state index is 2.43. The molecule has 0 radical (unpaired) electrons. The molecule has 0 saturated carbocycles. The lowest BCUT2D eigenvalue weighted by molar-refractivity contribution is 1.18. The molecule has 1 nitrogen and oxygen atoms in total. The highest BCUT2D eigenvalue weighted by Gasteiger charge is 2.20. The molecule has 0 aliphatic heterocycles. The number of nitrogens with zero attached hydrogens (tertiary/aromatic N) is 1. The van der Waals surface area contributed by atoms with E-state index in [1.54, 1.807) is 0 Å². The molecule has 11 aromatic rings. The van der Waals surface area contributed by atoms with E-state index in [0.29, 0.717) is 0 Å². The van der Waals surface area contributed by atoms with Gasteiger partial charge in [0.1, 0.15) is 0 Å². The minimum Gasteiger partial charge on any atom is -0.309 e. The van der Waals surface area contributed by atoms with Crippen LogP contribution in [0, 0.1) is 0 Å². The first-order valence-electron chi connectivity index (χ1n) is 17.2. The largest absolute Gasteiger partial charge is 0.309 e. The van der Waals surface area contributed by atoms with Crippen LogP contribution >= 0.6 is 11.3 Å². The third-order valence-corrected chi connectivity index (χ3v) is 11.7. The summed E-state index contributed by atoms with van der Waals surface area (Å²) in [6.45, 7) is 0. The van der Waals surface area contributed by atoms with Crippen molar-refractivity contribution in [1.82, 2.24) is 4.57 Å². The highest BCUT2D eigenvalue weighted by atomic mass is 32.1. The van der Waals surface area contributed by atoms with Crippen molar-refractivity contribution < 1.29 is 0 Å². The van der Waals surface area contributed by atoms with Crippen LogP contribution in [-0.4, -0.2) is 4.57 Å². The molecule has 0 unspecified atom stereocenters. The molecular formula is C48H29NS. The predicted octanol–water partition coefficient (Wildman–Crippen LogP) is 13.9. The second-order valence-electron chi connectivity index (χ2n) is 13.2. The van der Waals surface area contributed by atoms with E-state index in [-0.39, 0.29) is 0 Å². The molecule has 9 aromatic carbocycles. The highest BCUT2D eigenvalue weighted by Crippen LogP contribution is 2.47. The van der Waals surface area contributed by atoms with E-state index < -0.39 is 0 Å². The Labute approximate surface area is 292 Å². The SMILES string of the molecule is c1ccc(-n2c3ccccc3c3cc4sc5cc(-c6c7ccccc7c(-c7cccc8ccccc78)c7ccccc67)ccc5c4cc32)cc1. The zero-order chi connectivity index (χ0) is 32.8. The Morgan fingerprint density at radius 2 is 0.940 bits per heavy atom. The quantitative estimate of drug-likeness (QED) is 0.168. The van der Waals surface area contributed by atoms with E-state index in [2.05, 4.69) is 180 Å². The third kappa shape index (κ3) is 3.94. The topological polar surface area (TPSA) is 4.93 Å². The molecule has 0 aliphatic rings. The summed E-state index contributed by atoms with van der Waals surface area (Å²) >= 11 is 1.90. The Balaban J connectivity index is 1.17. The molecule has 232 valence electrons. The van der Waals surface area contributed by atoms with Crippen molar-refractivity contribution in [3.8, 4) is 27.9 Å². The third-order valence-electron chi connectivity index (χ3n) is 10.6. The zero-order valence-corrected chi connectivity index (χ0v) is 27.9. The van der Waals surface area contributed by atoms with Gasteiger partial charge in [0.05, 0.1) is 11.0 Å². The van der Waals surface area contributed by atoms with Gasteiger partial charge in [0, 0.05) is 36.6 Å². The van der Waals surface area contributed by atoms with E-state index in [0.717, 1.165) is 0 Å². The van der Waals surface area contributed by atoms with Gasteiger partial charge in [-0.15, -0.1) is 11.3 Å². The summed E-state index contributed by atoms with van der Waals surface area (Å²) in [7, 11) is 0. The van der Waals surface area contributed by atoms with E-state index >= 15 is 0 Å². The zero-order valence-electron chi connectivity index (χ0n) is 27.1. The molecular weight excluding hydrogens is 623 g/mol. The lowest BCUT2D eigenvalue weighted by Crippen LogP contribution is -1.92. The van der Waals surface area contributed by atoms with Crippen LogP contribution in [0.1, 0.15) is 0 Å². The smallest absolute Gasteiger partial charge is 0.0548 e. The van der Waals surface area contributed by atoms with E-state index in [4.69, 9.17) is 0 Å². The summed E-state index contributed by atoms with van der Waals surface area (Å²) in [5, 5.41) is 12.9. The fourth-order valence-electron chi connectivity index (χ4n) is 8.42. The molecule has 0 amide bonds. The van der Waals surface area contributed by atoms with Gasteiger partial charge in [-0.3, -0.25) is 0 Å². The average molecular weight is 652 g/mol. The van der Waals surface area contributed by atoms with Crippen molar-refractivity contribution in [1.29, 1.82) is 0 Å². The molecule has 2 heteroatoms. The predicted molar refractivity (Wildman–Crippen MR) is 217 cm³/mol. The Hall–Kier alpha value is -6.22. The molecule has 2 aromatic heterocycles. The number of thiophene rings is 1. The summed E-state index contributed by atoms with van der Waals surface area (Å²) in [5.41, 5.74) is 8.80. The van der Waals surface area contributed by atoms with Crippen molar-refractivity contribution in [3.63, 3.8) is 0 Å². The molecule has 0 saturated heterocycles. The maximum atomic E-state index is 2.43. The molecule has 0 aliphatic carbocycles. The van der Waals surface area contributed by atoms with Gasteiger partial charge in [0.2, 0.25) is 0 Å². The van der Waals surface area contributed by atoms with Crippen LogP contribution in [0.15, 0.2) is 176 Å². The minimum absolute atomic E-state index is 1.19. The van der Waals surface area contributed by atoms with Crippen molar-refractivity contribution in [2.75, 3.05) is 0 Å². The standard InChI is InChI=1S/C48H29NS/c1-2-15-32(16-3-1)49-43-24-11-10-18-34(43)41-29-46-42(28-44(41)49)35-26-25-31(27-45(35)50-46)47-37-19-6-8-21-39(37)48(40-22-9-7-20-38(40)47)36-23-12-14-30-13-4-5-17-33(30)36/h1-29H. The van der Waals surface area contributed by atoms with Crippen LogP contribution in [0.5, 0.6) is 0 Å². The van der Waals surface area contributed by atoms with Crippen LogP contribution in [0.25, 0.3) is 102 Å². The first-order chi connectivity index (χ1) is 24.8. The molecule has 0 bridgehead atoms. The first-order valence-corrected chi connectivity index (χ1v) is 18.0. The fraction of sp³-hybridized carbons (Fsp3) is 0. The highest BCUT2D eigenvalue weighted by molar-refractivity contribution is 7.26. The number of rotatable bonds is 3. The molecule has 2 heterocycles. The molecule has 11 rings (SSSR count). The normalized spacial score (nSPS) is 12.0. The molecule has 0 fully saturated rings. The molecule has 0 N–H and O–H groups in total. The average Bonchev–Trinajstić information content (AvgIpc) is 3.70. The van der Waals surface area contributed by atoms with Gasteiger partial charge in [0.25, 0.3) is 0 Å². The van der Waals surface area contributed by atoms with Crippen molar-refractivity contribution in [3.05, 3.63) is 176 Å². The van der Waals surface area contributed by atoms with Gasteiger partial charge in [0.15, 0.2) is 0 Å². The Kier molecular flexibility index (Phi) is 5.89. The summed E-state index contributed by atoms with van der Waals surface area (Å²) in [5.74, 6) is 0. The second kappa shape index (κ2) is 10.6. The monoisotopic (exact) mass is 651 g/mol. The van der Waals surface area contributed by atoms with Crippen molar-refractivity contribution >= 4 is 85.6 Å². The summed E-state index contributed by atoms with van der Waals surface area (Å²) < 4.78 is 5.05.